The Labute approximate surface area is 145 Å². The zero-order valence-corrected chi connectivity index (χ0v) is 14.2. The summed E-state index contributed by atoms with van der Waals surface area (Å²) in [5, 5.41) is 0.775. The smallest absolute Gasteiger partial charge is 0.375 e. The number of hydrogen-bond donors (Lipinski definition) is 0. The highest BCUT2D eigenvalue weighted by atomic mass is 79.9. The van der Waals surface area contributed by atoms with Crippen molar-refractivity contribution in [2.45, 2.75) is 6.92 Å². The topological polar surface area (TPSA) is 56.5 Å². The lowest BCUT2D eigenvalue weighted by Gasteiger charge is -2.04. The number of esters is 1. The highest BCUT2D eigenvalue weighted by Gasteiger charge is 2.21. The van der Waals surface area contributed by atoms with Crippen LogP contribution in [-0.4, -0.2) is 18.4 Å². The molecule has 0 aliphatic carbocycles. The molecule has 1 aromatic heterocycles. The summed E-state index contributed by atoms with van der Waals surface area (Å²) in [7, 11) is 0. The largest absolute Gasteiger partial charge is 0.451 e. The number of halogens is 2. The summed E-state index contributed by atoms with van der Waals surface area (Å²) in [4.78, 5) is 24.1. The Bertz CT molecular complexity index is 945. The van der Waals surface area contributed by atoms with E-state index in [1.54, 1.807) is 25.1 Å². The molecule has 4 nitrogen and oxygen atoms in total. The second kappa shape index (κ2) is 6.57. The minimum absolute atomic E-state index is 0.0319. The van der Waals surface area contributed by atoms with E-state index in [1.807, 2.05) is 6.07 Å². The summed E-state index contributed by atoms with van der Waals surface area (Å²) in [6.45, 7) is 1.17. The maximum absolute atomic E-state index is 13.5. The first-order chi connectivity index (χ1) is 11.5. The monoisotopic (exact) mass is 390 g/mol. The van der Waals surface area contributed by atoms with E-state index < -0.39 is 24.2 Å². The summed E-state index contributed by atoms with van der Waals surface area (Å²) in [5.74, 6) is -1.99. The number of carbonyl (C=O) groups excluding carboxylic acids is 2. The van der Waals surface area contributed by atoms with Crippen LogP contribution in [0.25, 0.3) is 11.0 Å². The fourth-order valence-corrected chi connectivity index (χ4v) is 2.71. The van der Waals surface area contributed by atoms with E-state index >= 15 is 0 Å². The number of ketones is 1. The molecule has 0 radical (unpaired) electrons. The van der Waals surface area contributed by atoms with Crippen molar-refractivity contribution in [2.75, 3.05) is 6.61 Å². The van der Waals surface area contributed by atoms with E-state index in [9.17, 15) is 14.0 Å². The summed E-state index contributed by atoms with van der Waals surface area (Å²) >= 11 is 3.36. The van der Waals surface area contributed by atoms with Crippen molar-refractivity contribution < 1.29 is 23.1 Å². The fourth-order valence-electron chi connectivity index (χ4n) is 2.35. The van der Waals surface area contributed by atoms with Crippen molar-refractivity contribution in [3.63, 3.8) is 0 Å². The molecule has 122 valence electrons. The molecule has 6 heteroatoms. The summed E-state index contributed by atoms with van der Waals surface area (Å²) < 4.78 is 24.9. The Morgan fingerprint density at radius 3 is 2.71 bits per heavy atom. The summed E-state index contributed by atoms with van der Waals surface area (Å²) in [5.41, 5.74) is 1.05. The molecule has 0 fully saturated rings. The molecule has 3 aromatic rings. The molecule has 3 rings (SSSR count). The van der Waals surface area contributed by atoms with Crippen molar-refractivity contribution in [1.29, 1.82) is 0 Å². The van der Waals surface area contributed by atoms with Crippen LogP contribution in [0.1, 0.15) is 26.5 Å². The molecule has 0 amide bonds. The number of benzene rings is 2. The lowest BCUT2D eigenvalue weighted by Crippen LogP contribution is -2.15. The molecular formula is C18H12BrFO4. The van der Waals surface area contributed by atoms with Crippen molar-refractivity contribution in [1.82, 2.24) is 0 Å². The van der Waals surface area contributed by atoms with E-state index in [0.717, 1.165) is 9.86 Å². The maximum atomic E-state index is 13.5. The molecule has 0 aliphatic heterocycles. The third kappa shape index (κ3) is 3.10. The minimum Gasteiger partial charge on any atom is -0.451 e. The highest BCUT2D eigenvalue weighted by molar-refractivity contribution is 9.10. The number of aryl methyl sites for hydroxylation is 1. The van der Waals surface area contributed by atoms with Gasteiger partial charge in [-0.25, -0.2) is 9.18 Å². The first kappa shape index (κ1) is 16.4. The van der Waals surface area contributed by atoms with Gasteiger partial charge in [-0.15, -0.1) is 0 Å². The van der Waals surface area contributed by atoms with Gasteiger partial charge in [0.05, 0.1) is 5.56 Å². The number of rotatable bonds is 4. The first-order valence-electron chi connectivity index (χ1n) is 7.11. The number of carbonyl (C=O) groups is 2. The molecule has 24 heavy (non-hydrogen) atoms. The number of hydrogen-bond acceptors (Lipinski definition) is 4. The van der Waals surface area contributed by atoms with Crippen molar-refractivity contribution in [3.8, 4) is 0 Å². The van der Waals surface area contributed by atoms with Gasteiger partial charge in [0.15, 0.2) is 6.61 Å². The zero-order chi connectivity index (χ0) is 17.3. The first-order valence-corrected chi connectivity index (χ1v) is 7.90. The van der Waals surface area contributed by atoms with Crippen LogP contribution in [0, 0.1) is 12.7 Å². The fraction of sp³-hybridized carbons (Fsp3) is 0.111. The number of Topliss-reactive ketones (excluding diaryl/α,β-unsaturated/α-hetero) is 1. The van der Waals surface area contributed by atoms with Gasteiger partial charge in [0, 0.05) is 15.4 Å². The quantitative estimate of drug-likeness (QED) is 0.479. The second-order valence-electron chi connectivity index (χ2n) is 5.18. The molecule has 0 atom stereocenters. The van der Waals surface area contributed by atoms with E-state index in [1.165, 1.54) is 18.2 Å². The Morgan fingerprint density at radius 2 is 1.96 bits per heavy atom. The van der Waals surface area contributed by atoms with Gasteiger partial charge in [0.25, 0.3) is 0 Å². The van der Waals surface area contributed by atoms with Gasteiger partial charge in [-0.2, -0.15) is 0 Å². The zero-order valence-electron chi connectivity index (χ0n) is 12.6. The molecule has 2 aromatic carbocycles. The van der Waals surface area contributed by atoms with Gasteiger partial charge in [-0.3, -0.25) is 4.79 Å². The normalized spacial score (nSPS) is 10.8. The highest BCUT2D eigenvalue weighted by Crippen LogP contribution is 2.28. The van der Waals surface area contributed by atoms with Gasteiger partial charge >= 0.3 is 5.97 Å². The average molecular weight is 391 g/mol. The number of furan rings is 1. The van der Waals surface area contributed by atoms with Gasteiger partial charge in [0.1, 0.15) is 11.4 Å². The van der Waals surface area contributed by atoms with Crippen LogP contribution in [0.15, 0.2) is 51.4 Å². The predicted octanol–water partition coefficient (Wildman–Crippen LogP) is 4.68. The van der Waals surface area contributed by atoms with Crippen LogP contribution >= 0.6 is 15.9 Å². The van der Waals surface area contributed by atoms with Crippen LogP contribution in [0.2, 0.25) is 0 Å². The molecule has 0 aliphatic rings. The number of fused-ring (bicyclic) bond motifs is 1. The summed E-state index contributed by atoms with van der Waals surface area (Å²) in [6, 6.07) is 10.9. The van der Waals surface area contributed by atoms with Crippen LogP contribution in [0.3, 0.4) is 0 Å². The Balaban J connectivity index is 1.77. The predicted molar refractivity (Wildman–Crippen MR) is 89.7 cm³/mol. The SMILES string of the molecule is Cc1c(C(=O)OCC(=O)c2ccccc2F)oc2ccc(Br)cc12. The third-order valence-corrected chi connectivity index (χ3v) is 4.09. The maximum Gasteiger partial charge on any atom is 0.375 e. The van der Waals surface area contributed by atoms with Crippen LogP contribution in [0.5, 0.6) is 0 Å². The van der Waals surface area contributed by atoms with Crippen LogP contribution in [0.4, 0.5) is 4.39 Å². The lowest BCUT2D eigenvalue weighted by atomic mass is 10.1. The van der Waals surface area contributed by atoms with E-state index in [4.69, 9.17) is 9.15 Å². The molecular weight excluding hydrogens is 379 g/mol. The van der Waals surface area contributed by atoms with Gasteiger partial charge in [-0.1, -0.05) is 28.1 Å². The molecule has 0 unspecified atom stereocenters. The molecule has 1 heterocycles. The Hall–Kier alpha value is -2.47. The van der Waals surface area contributed by atoms with Crippen LogP contribution in [-0.2, 0) is 4.74 Å². The molecule has 0 saturated carbocycles. The molecule has 0 N–H and O–H groups in total. The van der Waals surface area contributed by atoms with Gasteiger partial charge in [-0.05, 0) is 37.3 Å². The summed E-state index contributed by atoms with van der Waals surface area (Å²) in [6.07, 6.45) is 0. The van der Waals surface area contributed by atoms with Crippen molar-refractivity contribution in [2.24, 2.45) is 0 Å². The van der Waals surface area contributed by atoms with E-state index in [-0.39, 0.29) is 11.3 Å². The second-order valence-corrected chi connectivity index (χ2v) is 6.09. The minimum atomic E-state index is -0.760. The Morgan fingerprint density at radius 1 is 1.21 bits per heavy atom. The molecule has 0 saturated heterocycles. The lowest BCUT2D eigenvalue weighted by molar-refractivity contribution is 0.0444. The average Bonchev–Trinajstić information content (AvgIpc) is 2.89. The van der Waals surface area contributed by atoms with Gasteiger partial charge < -0.3 is 9.15 Å². The van der Waals surface area contributed by atoms with Crippen molar-refractivity contribution >= 4 is 38.7 Å². The Kier molecular flexibility index (Phi) is 4.49. The molecule has 0 spiro atoms. The van der Waals surface area contributed by atoms with E-state index in [2.05, 4.69) is 15.9 Å². The number of ether oxygens (including phenoxy) is 1. The van der Waals surface area contributed by atoms with Crippen LogP contribution < -0.4 is 0 Å². The molecule has 0 bridgehead atoms. The van der Waals surface area contributed by atoms with E-state index in [0.29, 0.717) is 11.1 Å². The van der Waals surface area contributed by atoms with Gasteiger partial charge in [0.2, 0.25) is 11.5 Å². The third-order valence-electron chi connectivity index (χ3n) is 3.59. The van der Waals surface area contributed by atoms with Crippen molar-refractivity contribution in [3.05, 3.63) is 69.6 Å². The standard InChI is InChI=1S/C18H12BrFO4/c1-10-13-8-11(19)6-7-16(13)24-17(10)18(22)23-9-15(21)12-4-2-3-5-14(12)20/h2-8H,9H2,1H3.